The van der Waals surface area contributed by atoms with Gasteiger partial charge >= 0.3 is 5.97 Å². The molecule has 2 rings (SSSR count). The molecule has 0 amide bonds. The summed E-state index contributed by atoms with van der Waals surface area (Å²) >= 11 is 0. The minimum Gasteiger partial charge on any atom is -0.454 e. The van der Waals surface area contributed by atoms with E-state index in [0.29, 0.717) is 17.9 Å². The lowest BCUT2D eigenvalue weighted by molar-refractivity contribution is -0.146. The van der Waals surface area contributed by atoms with Gasteiger partial charge in [0.25, 0.3) is 0 Å². The summed E-state index contributed by atoms with van der Waals surface area (Å²) in [5.41, 5.74) is 2.33. The Labute approximate surface area is 130 Å². The number of rotatable bonds is 6. The number of fused-ring (bicyclic) bond motifs is 1. The van der Waals surface area contributed by atoms with Crippen molar-refractivity contribution < 1.29 is 14.3 Å². The number of para-hydroxylation sites is 1. The maximum absolute atomic E-state index is 12.6. The molecule has 1 N–H and O–H groups in total. The predicted octanol–water partition coefficient (Wildman–Crippen LogP) is 4.03. The second-order valence-electron chi connectivity index (χ2n) is 6.10. The standard InChI is InChI=1S/C18H23NO3/c1-11(2)9-10-16(20)22-13(4)18(21)17-12(3)19-15-8-6-5-7-14(15)17/h5-8,11,13,19H,9-10H2,1-4H3/t13-/m1/s1. The number of hydrogen-bond donors (Lipinski definition) is 1. The summed E-state index contributed by atoms with van der Waals surface area (Å²) in [7, 11) is 0. The lowest BCUT2D eigenvalue weighted by atomic mass is 10.0. The van der Waals surface area contributed by atoms with Gasteiger partial charge in [-0.1, -0.05) is 32.0 Å². The van der Waals surface area contributed by atoms with Crippen molar-refractivity contribution in [3.8, 4) is 0 Å². The van der Waals surface area contributed by atoms with E-state index >= 15 is 0 Å². The fourth-order valence-corrected chi connectivity index (χ4v) is 2.51. The highest BCUT2D eigenvalue weighted by Crippen LogP contribution is 2.24. The lowest BCUT2D eigenvalue weighted by Gasteiger charge is -2.13. The maximum atomic E-state index is 12.6. The van der Waals surface area contributed by atoms with Crippen LogP contribution in [0.4, 0.5) is 0 Å². The lowest BCUT2D eigenvalue weighted by Crippen LogP contribution is -2.25. The number of ketones is 1. The molecule has 0 bridgehead atoms. The topological polar surface area (TPSA) is 59.2 Å². The van der Waals surface area contributed by atoms with Crippen LogP contribution in [-0.4, -0.2) is 22.8 Å². The molecule has 1 aromatic heterocycles. The number of carbonyl (C=O) groups excluding carboxylic acids is 2. The highest BCUT2D eigenvalue weighted by atomic mass is 16.5. The van der Waals surface area contributed by atoms with E-state index in [-0.39, 0.29) is 11.8 Å². The summed E-state index contributed by atoms with van der Waals surface area (Å²) in [5.74, 6) is -0.0330. The van der Waals surface area contributed by atoms with E-state index in [2.05, 4.69) is 18.8 Å². The SMILES string of the molecule is Cc1[nH]c2ccccc2c1C(=O)[C@@H](C)OC(=O)CCC(C)C. The van der Waals surface area contributed by atoms with Crippen molar-refractivity contribution in [2.75, 3.05) is 0 Å². The fraction of sp³-hybridized carbons (Fsp3) is 0.444. The molecule has 0 aliphatic heterocycles. The van der Waals surface area contributed by atoms with Crippen LogP contribution in [0.2, 0.25) is 0 Å². The van der Waals surface area contributed by atoms with Crippen molar-refractivity contribution in [1.82, 2.24) is 4.98 Å². The van der Waals surface area contributed by atoms with Gasteiger partial charge in [0.05, 0.1) is 0 Å². The van der Waals surface area contributed by atoms with E-state index in [9.17, 15) is 9.59 Å². The van der Waals surface area contributed by atoms with Crippen molar-refractivity contribution >= 4 is 22.7 Å². The van der Waals surface area contributed by atoms with Crippen LogP contribution in [0.5, 0.6) is 0 Å². The molecular formula is C18H23NO3. The Morgan fingerprint density at radius 2 is 1.86 bits per heavy atom. The number of esters is 1. The van der Waals surface area contributed by atoms with Crippen molar-refractivity contribution in [3.05, 3.63) is 35.5 Å². The van der Waals surface area contributed by atoms with Gasteiger partial charge in [-0.3, -0.25) is 9.59 Å². The number of Topliss-reactive ketones (excluding diaryl/α,β-unsaturated/α-hetero) is 1. The van der Waals surface area contributed by atoms with Crippen LogP contribution < -0.4 is 0 Å². The number of aromatic amines is 1. The number of carbonyl (C=O) groups is 2. The van der Waals surface area contributed by atoms with Gasteiger partial charge < -0.3 is 9.72 Å². The number of benzene rings is 1. The van der Waals surface area contributed by atoms with E-state index in [1.807, 2.05) is 31.2 Å². The van der Waals surface area contributed by atoms with E-state index in [4.69, 9.17) is 4.74 Å². The largest absolute Gasteiger partial charge is 0.454 e. The Kier molecular flexibility index (Phi) is 5.01. The number of ether oxygens (including phenoxy) is 1. The average Bonchev–Trinajstić information content (AvgIpc) is 2.80. The van der Waals surface area contributed by atoms with Gasteiger partial charge in [-0.05, 0) is 32.3 Å². The van der Waals surface area contributed by atoms with E-state index in [0.717, 1.165) is 23.0 Å². The normalized spacial score (nSPS) is 12.6. The van der Waals surface area contributed by atoms with Gasteiger partial charge in [0.1, 0.15) is 0 Å². The Hall–Kier alpha value is -2.10. The molecule has 0 radical (unpaired) electrons. The third-order valence-corrected chi connectivity index (χ3v) is 3.74. The minimum atomic E-state index is -0.766. The monoisotopic (exact) mass is 301 g/mol. The second-order valence-corrected chi connectivity index (χ2v) is 6.10. The van der Waals surface area contributed by atoms with Crippen LogP contribution in [0, 0.1) is 12.8 Å². The molecule has 22 heavy (non-hydrogen) atoms. The summed E-state index contributed by atoms with van der Waals surface area (Å²) < 4.78 is 5.29. The smallest absolute Gasteiger partial charge is 0.306 e. The Morgan fingerprint density at radius 1 is 1.18 bits per heavy atom. The first kappa shape index (κ1) is 16.3. The average molecular weight is 301 g/mol. The zero-order chi connectivity index (χ0) is 16.3. The van der Waals surface area contributed by atoms with Crippen LogP contribution >= 0.6 is 0 Å². The van der Waals surface area contributed by atoms with E-state index < -0.39 is 6.10 Å². The molecule has 118 valence electrons. The molecule has 1 atom stereocenters. The van der Waals surface area contributed by atoms with Crippen molar-refractivity contribution in [1.29, 1.82) is 0 Å². The molecule has 4 nitrogen and oxygen atoms in total. The highest BCUT2D eigenvalue weighted by Gasteiger charge is 2.24. The molecule has 0 aliphatic carbocycles. The molecular weight excluding hydrogens is 278 g/mol. The van der Waals surface area contributed by atoms with Crippen LogP contribution in [0.25, 0.3) is 10.9 Å². The van der Waals surface area contributed by atoms with E-state index in [1.165, 1.54) is 0 Å². The summed E-state index contributed by atoms with van der Waals surface area (Å²) in [6, 6.07) is 7.64. The summed E-state index contributed by atoms with van der Waals surface area (Å²) in [5, 5.41) is 0.870. The first-order valence-electron chi connectivity index (χ1n) is 7.71. The zero-order valence-corrected chi connectivity index (χ0v) is 13.6. The summed E-state index contributed by atoms with van der Waals surface area (Å²) in [6.45, 7) is 7.60. The predicted molar refractivity (Wildman–Crippen MR) is 87.0 cm³/mol. The van der Waals surface area contributed by atoms with Crippen LogP contribution in [0.3, 0.4) is 0 Å². The number of aromatic nitrogens is 1. The summed E-state index contributed by atoms with van der Waals surface area (Å²) in [6.07, 6.45) is 0.353. The molecule has 0 unspecified atom stereocenters. The molecule has 0 saturated carbocycles. The third-order valence-electron chi connectivity index (χ3n) is 3.74. The number of nitrogens with one attached hydrogen (secondary N) is 1. The van der Waals surface area contributed by atoms with Gasteiger partial charge in [-0.15, -0.1) is 0 Å². The summed E-state index contributed by atoms with van der Waals surface area (Å²) in [4.78, 5) is 27.6. The van der Waals surface area contributed by atoms with Crippen LogP contribution in [-0.2, 0) is 9.53 Å². The first-order chi connectivity index (χ1) is 10.4. The zero-order valence-electron chi connectivity index (χ0n) is 13.6. The molecule has 1 heterocycles. The maximum Gasteiger partial charge on any atom is 0.306 e. The highest BCUT2D eigenvalue weighted by molar-refractivity contribution is 6.11. The Morgan fingerprint density at radius 3 is 2.55 bits per heavy atom. The molecule has 4 heteroatoms. The number of aryl methyl sites for hydroxylation is 1. The van der Waals surface area contributed by atoms with Crippen LogP contribution in [0.1, 0.15) is 49.7 Å². The molecule has 0 fully saturated rings. The van der Waals surface area contributed by atoms with Gasteiger partial charge in [0.2, 0.25) is 5.78 Å². The van der Waals surface area contributed by atoms with Gasteiger partial charge in [0, 0.05) is 28.6 Å². The molecule has 1 aromatic carbocycles. The fourth-order valence-electron chi connectivity index (χ4n) is 2.51. The Bertz CT molecular complexity index is 685. The quantitative estimate of drug-likeness (QED) is 0.647. The molecule has 0 saturated heterocycles. The number of hydrogen-bond acceptors (Lipinski definition) is 3. The van der Waals surface area contributed by atoms with Crippen LogP contribution in [0.15, 0.2) is 24.3 Å². The van der Waals surface area contributed by atoms with E-state index in [1.54, 1.807) is 6.92 Å². The Balaban J connectivity index is 2.13. The number of H-pyrrole nitrogens is 1. The molecule has 0 aliphatic rings. The first-order valence-corrected chi connectivity index (χ1v) is 7.71. The molecule has 2 aromatic rings. The van der Waals surface area contributed by atoms with Gasteiger partial charge in [-0.2, -0.15) is 0 Å². The van der Waals surface area contributed by atoms with Crippen molar-refractivity contribution in [2.45, 2.75) is 46.6 Å². The van der Waals surface area contributed by atoms with Gasteiger partial charge in [-0.25, -0.2) is 0 Å². The van der Waals surface area contributed by atoms with Crippen molar-refractivity contribution in [3.63, 3.8) is 0 Å². The third kappa shape index (κ3) is 3.56. The second kappa shape index (κ2) is 6.77. The molecule has 0 spiro atoms. The minimum absolute atomic E-state index is 0.159. The van der Waals surface area contributed by atoms with Gasteiger partial charge in [0.15, 0.2) is 6.10 Å². The van der Waals surface area contributed by atoms with Crippen molar-refractivity contribution in [2.24, 2.45) is 5.92 Å².